The molecule has 0 saturated carbocycles. The van der Waals surface area contributed by atoms with Gasteiger partial charge in [-0.15, -0.1) is 0 Å². The summed E-state index contributed by atoms with van der Waals surface area (Å²) in [6, 6.07) is 0. The van der Waals surface area contributed by atoms with E-state index in [1.165, 1.54) is 0 Å². The van der Waals surface area contributed by atoms with E-state index in [4.69, 9.17) is 10.2 Å². The molecule has 2 unspecified atom stereocenters. The van der Waals surface area contributed by atoms with Gasteiger partial charge in [-0.2, -0.15) is 0 Å². The van der Waals surface area contributed by atoms with Crippen LogP contribution in [0.4, 0.5) is 0 Å². The number of carboxylic acid groups (broad SMARTS) is 4. The molecule has 0 amide bonds. The molecule has 2 N–H and O–H groups in total. The van der Waals surface area contributed by atoms with Crippen LogP contribution in [0.2, 0.25) is 0 Å². The Bertz CT molecular complexity index is 301. The molecule has 0 aliphatic rings. The van der Waals surface area contributed by atoms with E-state index >= 15 is 0 Å². The second-order valence-electron chi connectivity index (χ2n) is 2.82. The van der Waals surface area contributed by atoms with Gasteiger partial charge in [0.25, 0.3) is 0 Å². The summed E-state index contributed by atoms with van der Waals surface area (Å²) in [7, 11) is 0. The van der Waals surface area contributed by atoms with E-state index in [1.54, 1.807) is 0 Å². The number of carbonyl (C=O) groups is 4. The van der Waals surface area contributed by atoms with Crippen molar-refractivity contribution in [1.82, 2.24) is 0 Å². The monoisotopic (exact) mass is 484 g/mol. The average Bonchev–Trinajstić information content (AvgIpc) is 2.16. The summed E-state index contributed by atoms with van der Waals surface area (Å²) in [4.78, 5) is 38.3. The third-order valence-corrected chi connectivity index (χ3v) is 1.26. The van der Waals surface area contributed by atoms with Crippen molar-refractivity contribution >= 4 is 23.9 Å². The molecule has 10 nitrogen and oxygen atoms in total. The van der Waals surface area contributed by atoms with Crippen LogP contribution in [0.1, 0.15) is 12.8 Å². The predicted molar refractivity (Wildman–Crippen MR) is 41.3 cm³/mol. The van der Waals surface area contributed by atoms with E-state index in [1.807, 2.05) is 0 Å². The minimum atomic E-state index is -1.96. The first-order chi connectivity index (χ1) is 8.07. The molecule has 112 valence electrons. The van der Waals surface area contributed by atoms with Gasteiger partial charge >= 0.3 is 51.9 Å². The number of aliphatic carboxylic acids is 4. The summed E-state index contributed by atoms with van der Waals surface area (Å²) < 4.78 is 0. The van der Waals surface area contributed by atoms with E-state index in [0.717, 1.165) is 0 Å². The van der Waals surface area contributed by atoms with Gasteiger partial charge in [0.15, 0.2) is 0 Å². The average molecular weight is 484 g/mol. The molecular formula is C8H8AuNaO10. The number of aliphatic hydroxyl groups is 2. The molecule has 2 atom stereocenters. The standard InChI is InChI=1S/2C4H6O5.Au.Na/c2*5-2(4(8)9)1-3(6)7;;/h2*2,5H,1H2,(H,6,7)(H,8,9);;/q;;+3;+1/p-4. The molecule has 0 saturated heterocycles. The summed E-state index contributed by atoms with van der Waals surface area (Å²) in [5, 5.41) is 54.7. The molecule has 0 aromatic heterocycles. The van der Waals surface area contributed by atoms with E-state index in [2.05, 4.69) is 0 Å². The van der Waals surface area contributed by atoms with Crippen LogP contribution in [-0.2, 0) is 41.6 Å². The molecule has 0 rings (SSSR count). The maximum atomic E-state index is 9.58. The molecule has 0 fully saturated rings. The first-order valence-corrected chi connectivity index (χ1v) is 4.25. The molecule has 0 aliphatic carbocycles. The summed E-state index contributed by atoms with van der Waals surface area (Å²) >= 11 is 0. The largest absolute Gasteiger partial charge is 3.00 e. The molecular weight excluding hydrogens is 476 g/mol. The second-order valence-corrected chi connectivity index (χ2v) is 2.82. The van der Waals surface area contributed by atoms with E-state index in [9.17, 15) is 39.6 Å². The van der Waals surface area contributed by atoms with Crippen molar-refractivity contribution in [1.29, 1.82) is 0 Å². The molecule has 12 heteroatoms. The Morgan fingerprint density at radius 1 is 0.750 bits per heavy atom. The summed E-state index contributed by atoms with van der Waals surface area (Å²) in [6.07, 6.45) is -5.78. The SMILES string of the molecule is O=C([O-])CC(O)C(=O)[O-].O=C([O-])CC(O)C(=O)[O-].[Au+3].[Na+]. The van der Waals surface area contributed by atoms with Crippen LogP contribution >= 0.6 is 0 Å². The van der Waals surface area contributed by atoms with Crippen LogP contribution < -0.4 is 50.0 Å². The number of carboxylic acids is 4. The topological polar surface area (TPSA) is 201 Å². The molecule has 0 heterocycles. The third-order valence-electron chi connectivity index (χ3n) is 1.26. The molecule has 0 spiro atoms. The Morgan fingerprint density at radius 3 is 1.00 bits per heavy atom. The minimum absolute atomic E-state index is 0. The van der Waals surface area contributed by atoms with Gasteiger partial charge in [0.2, 0.25) is 0 Å². The summed E-state index contributed by atoms with van der Waals surface area (Å²) in [5.41, 5.74) is 0. The Labute approximate surface area is 150 Å². The Morgan fingerprint density at radius 2 is 0.950 bits per heavy atom. The quantitative estimate of drug-likeness (QED) is 0.341. The minimum Gasteiger partial charge on any atom is -0.550 e. The van der Waals surface area contributed by atoms with Crippen molar-refractivity contribution in [3.8, 4) is 0 Å². The van der Waals surface area contributed by atoms with Gasteiger partial charge in [0, 0.05) is 24.8 Å². The fourth-order valence-electron chi connectivity index (χ4n) is 0.482. The maximum Gasteiger partial charge on any atom is 3.00 e. The van der Waals surface area contributed by atoms with Crippen LogP contribution in [0, 0.1) is 0 Å². The van der Waals surface area contributed by atoms with Gasteiger partial charge in [-0.25, -0.2) is 0 Å². The zero-order chi connectivity index (χ0) is 14.9. The van der Waals surface area contributed by atoms with Crippen molar-refractivity contribution in [2.24, 2.45) is 0 Å². The van der Waals surface area contributed by atoms with Crippen molar-refractivity contribution in [2.45, 2.75) is 25.0 Å². The van der Waals surface area contributed by atoms with Crippen LogP contribution in [0.25, 0.3) is 0 Å². The molecule has 0 radical (unpaired) electrons. The Balaban J connectivity index is -0.000000116. The van der Waals surface area contributed by atoms with Crippen LogP contribution in [0.5, 0.6) is 0 Å². The van der Waals surface area contributed by atoms with Crippen LogP contribution in [0.15, 0.2) is 0 Å². The van der Waals surface area contributed by atoms with Crippen LogP contribution in [-0.4, -0.2) is 46.3 Å². The number of aliphatic hydroxyl groups excluding tert-OH is 2. The fraction of sp³-hybridized carbons (Fsp3) is 0.500. The summed E-state index contributed by atoms with van der Waals surface area (Å²) in [5.74, 6) is -6.85. The first kappa shape index (κ1) is 27.8. The molecule has 20 heavy (non-hydrogen) atoms. The maximum absolute atomic E-state index is 9.58. The van der Waals surface area contributed by atoms with Gasteiger partial charge in [0.1, 0.15) is 0 Å². The van der Waals surface area contributed by atoms with Crippen molar-refractivity contribution in [3.05, 3.63) is 0 Å². The smallest absolute Gasteiger partial charge is 0.550 e. The molecule has 0 aromatic carbocycles. The van der Waals surface area contributed by atoms with E-state index in [-0.39, 0.29) is 51.9 Å². The fourth-order valence-corrected chi connectivity index (χ4v) is 0.482. The Hall–Kier alpha value is -0.460. The van der Waals surface area contributed by atoms with E-state index in [0.29, 0.717) is 0 Å². The Kier molecular flexibility index (Phi) is 20.8. The van der Waals surface area contributed by atoms with Gasteiger partial charge in [-0.1, -0.05) is 0 Å². The van der Waals surface area contributed by atoms with Gasteiger partial charge < -0.3 is 49.8 Å². The second kappa shape index (κ2) is 14.9. The zero-order valence-electron chi connectivity index (χ0n) is 10.0. The third kappa shape index (κ3) is 19.9. The van der Waals surface area contributed by atoms with Gasteiger partial charge in [-0.3, -0.25) is 0 Å². The van der Waals surface area contributed by atoms with Crippen molar-refractivity contribution < 1.29 is 102 Å². The predicted octanol–water partition coefficient (Wildman–Crippen LogP) is -10.5. The zero-order valence-corrected chi connectivity index (χ0v) is 14.2. The van der Waals surface area contributed by atoms with Crippen molar-refractivity contribution in [3.63, 3.8) is 0 Å². The van der Waals surface area contributed by atoms with Crippen LogP contribution in [0.3, 0.4) is 0 Å². The number of hydrogen-bond donors (Lipinski definition) is 2. The molecule has 0 aliphatic heterocycles. The number of rotatable bonds is 6. The normalized spacial score (nSPS) is 11.3. The number of carbonyl (C=O) groups excluding carboxylic acids is 4. The van der Waals surface area contributed by atoms with Gasteiger partial charge in [0.05, 0.1) is 24.1 Å². The summed E-state index contributed by atoms with van der Waals surface area (Å²) in [6.45, 7) is 0. The van der Waals surface area contributed by atoms with Crippen molar-refractivity contribution in [2.75, 3.05) is 0 Å². The molecule has 0 aromatic rings. The molecule has 0 bridgehead atoms. The number of hydrogen-bond acceptors (Lipinski definition) is 10. The first-order valence-electron chi connectivity index (χ1n) is 4.25. The van der Waals surface area contributed by atoms with E-state index < -0.39 is 48.9 Å². The van der Waals surface area contributed by atoms with Gasteiger partial charge in [-0.05, 0) is 0 Å².